The Morgan fingerprint density at radius 2 is 1.43 bits per heavy atom. The minimum atomic E-state index is -0.247. The van der Waals surface area contributed by atoms with Gasteiger partial charge in [0.2, 0.25) is 0 Å². The fraction of sp³-hybridized carbons (Fsp3) is 0.0769. The smallest absolute Gasteiger partial charge is 0.263 e. The van der Waals surface area contributed by atoms with Gasteiger partial charge in [0.15, 0.2) is 0 Å². The van der Waals surface area contributed by atoms with Crippen LogP contribution in [0.3, 0.4) is 0 Å². The number of carbonyl (C=O) groups excluding carboxylic acids is 2. The van der Waals surface area contributed by atoms with E-state index in [0.29, 0.717) is 16.9 Å². The SMILES string of the molecule is O=C1c2c(I)c(I)c(I)c(I)c2C(=O)N1Cc1ccco1. The van der Waals surface area contributed by atoms with Crippen LogP contribution in [-0.4, -0.2) is 16.7 Å². The summed E-state index contributed by atoms with van der Waals surface area (Å²) in [5.74, 6) is 0.102. The Morgan fingerprint density at radius 1 is 0.905 bits per heavy atom. The third-order valence-corrected chi connectivity index (χ3v) is 10.5. The molecule has 1 aromatic heterocycles. The van der Waals surface area contributed by atoms with Gasteiger partial charge >= 0.3 is 0 Å². The second-order valence-electron chi connectivity index (χ2n) is 4.28. The maximum atomic E-state index is 12.6. The van der Waals surface area contributed by atoms with E-state index in [4.69, 9.17) is 4.42 Å². The number of benzene rings is 1. The molecule has 8 heteroatoms. The van der Waals surface area contributed by atoms with Crippen LogP contribution in [0.1, 0.15) is 26.5 Å². The highest BCUT2D eigenvalue weighted by atomic mass is 127. The fourth-order valence-electron chi connectivity index (χ4n) is 2.10. The Kier molecular flexibility index (Phi) is 4.86. The van der Waals surface area contributed by atoms with Crippen molar-refractivity contribution in [3.63, 3.8) is 0 Å². The number of hydrogen-bond acceptors (Lipinski definition) is 3. The zero-order valence-corrected chi connectivity index (χ0v) is 18.8. The van der Waals surface area contributed by atoms with Crippen molar-refractivity contribution in [2.75, 3.05) is 0 Å². The number of hydrogen-bond donors (Lipinski definition) is 0. The summed E-state index contributed by atoms with van der Waals surface area (Å²) in [6.07, 6.45) is 1.53. The fourth-order valence-corrected chi connectivity index (χ4v) is 5.75. The van der Waals surface area contributed by atoms with E-state index in [-0.39, 0.29) is 18.4 Å². The summed E-state index contributed by atoms with van der Waals surface area (Å²) in [6.45, 7) is 0.165. The number of furan rings is 1. The molecule has 0 saturated heterocycles. The van der Waals surface area contributed by atoms with Crippen molar-refractivity contribution in [2.45, 2.75) is 6.54 Å². The van der Waals surface area contributed by atoms with Crippen molar-refractivity contribution in [1.29, 1.82) is 0 Å². The molecular weight excluding hydrogens is 726 g/mol. The second kappa shape index (κ2) is 6.22. The Balaban J connectivity index is 2.13. The van der Waals surface area contributed by atoms with Crippen LogP contribution in [-0.2, 0) is 6.54 Å². The molecular formula is C13H5I4NO3. The molecule has 0 fully saturated rings. The summed E-state index contributed by atoms with van der Waals surface area (Å²) in [5.41, 5.74) is 1.03. The normalized spacial score (nSPS) is 14.0. The van der Waals surface area contributed by atoms with Crippen LogP contribution in [0.4, 0.5) is 0 Å². The highest BCUT2D eigenvalue weighted by molar-refractivity contribution is 14.1. The molecule has 0 unspecified atom stereocenters. The molecule has 0 atom stereocenters. The maximum Gasteiger partial charge on any atom is 0.263 e. The Hall–Kier alpha value is 0.560. The molecule has 1 aliphatic heterocycles. The minimum absolute atomic E-state index is 0.165. The molecule has 2 aromatic rings. The van der Waals surface area contributed by atoms with Crippen molar-refractivity contribution in [3.8, 4) is 0 Å². The lowest BCUT2D eigenvalue weighted by molar-refractivity contribution is 0.0631. The van der Waals surface area contributed by atoms with Gasteiger partial charge in [-0.25, -0.2) is 0 Å². The number of halogens is 4. The topological polar surface area (TPSA) is 50.5 Å². The molecule has 1 aliphatic rings. The number of nitrogens with zero attached hydrogens (tertiary/aromatic N) is 1. The van der Waals surface area contributed by atoms with Crippen LogP contribution in [0.25, 0.3) is 0 Å². The van der Waals surface area contributed by atoms with Gasteiger partial charge in [0.25, 0.3) is 11.8 Å². The number of rotatable bonds is 2. The van der Waals surface area contributed by atoms with Gasteiger partial charge in [-0.2, -0.15) is 0 Å². The van der Waals surface area contributed by atoms with Gasteiger partial charge in [-0.15, -0.1) is 0 Å². The third kappa shape index (κ3) is 2.66. The predicted octanol–water partition coefficient (Wildman–Crippen LogP) is 4.49. The van der Waals surface area contributed by atoms with Crippen LogP contribution < -0.4 is 0 Å². The molecule has 0 aliphatic carbocycles. The van der Waals surface area contributed by atoms with Crippen molar-refractivity contribution in [3.05, 3.63) is 49.6 Å². The molecule has 1 aromatic carbocycles. The zero-order chi connectivity index (χ0) is 15.3. The first kappa shape index (κ1) is 16.4. The summed E-state index contributed by atoms with van der Waals surface area (Å²) in [4.78, 5) is 26.5. The first-order valence-corrected chi connectivity index (χ1v) is 9.99. The molecule has 3 rings (SSSR count). The molecule has 0 bridgehead atoms. The van der Waals surface area contributed by atoms with E-state index in [1.54, 1.807) is 12.1 Å². The van der Waals surface area contributed by atoms with Crippen LogP contribution in [0.15, 0.2) is 22.8 Å². The molecule has 21 heavy (non-hydrogen) atoms. The molecule has 0 saturated carbocycles. The van der Waals surface area contributed by atoms with Gasteiger partial charge in [0.05, 0.1) is 23.9 Å². The molecule has 4 nitrogen and oxygen atoms in total. The van der Waals surface area contributed by atoms with Crippen molar-refractivity contribution < 1.29 is 14.0 Å². The van der Waals surface area contributed by atoms with Gasteiger partial charge in [-0.05, 0) is 102 Å². The second-order valence-corrected chi connectivity index (χ2v) is 8.60. The first-order chi connectivity index (χ1) is 9.93. The number of amides is 2. The van der Waals surface area contributed by atoms with Crippen LogP contribution in [0.5, 0.6) is 0 Å². The Bertz CT molecular complexity index is 723. The van der Waals surface area contributed by atoms with E-state index >= 15 is 0 Å². The molecule has 0 N–H and O–H groups in total. The van der Waals surface area contributed by atoms with Crippen molar-refractivity contribution in [1.82, 2.24) is 4.90 Å². The zero-order valence-electron chi connectivity index (χ0n) is 10.1. The average Bonchev–Trinajstić information content (AvgIpc) is 3.05. The predicted molar refractivity (Wildman–Crippen MR) is 110 cm³/mol. The van der Waals surface area contributed by atoms with Gasteiger partial charge in [-0.1, -0.05) is 0 Å². The average molecular weight is 731 g/mol. The number of carbonyl (C=O) groups is 2. The summed E-state index contributed by atoms with van der Waals surface area (Å²) in [7, 11) is 0. The third-order valence-electron chi connectivity index (χ3n) is 3.08. The largest absolute Gasteiger partial charge is 0.467 e. The monoisotopic (exact) mass is 731 g/mol. The summed E-state index contributed by atoms with van der Waals surface area (Å²) >= 11 is 8.71. The van der Waals surface area contributed by atoms with E-state index in [2.05, 4.69) is 90.4 Å². The van der Waals surface area contributed by atoms with Gasteiger partial charge < -0.3 is 4.42 Å². The van der Waals surface area contributed by atoms with Gasteiger partial charge in [0.1, 0.15) is 5.76 Å². The van der Waals surface area contributed by atoms with Gasteiger partial charge in [-0.3, -0.25) is 14.5 Å². The molecule has 0 radical (unpaired) electrons. The van der Waals surface area contributed by atoms with Crippen LogP contribution in [0.2, 0.25) is 0 Å². The van der Waals surface area contributed by atoms with E-state index in [9.17, 15) is 9.59 Å². The molecule has 108 valence electrons. The van der Waals surface area contributed by atoms with E-state index in [1.807, 2.05) is 0 Å². The molecule has 0 spiro atoms. The molecule has 2 heterocycles. The Morgan fingerprint density at radius 3 is 1.86 bits per heavy atom. The van der Waals surface area contributed by atoms with E-state index < -0.39 is 0 Å². The van der Waals surface area contributed by atoms with Crippen molar-refractivity contribution >= 4 is 102 Å². The first-order valence-electron chi connectivity index (χ1n) is 5.68. The maximum absolute atomic E-state index is 12.6. The lowest BCUT2D eigenvalue weighted by Gasteiger charge is -2.11. The number of fused-ring (bicyclic) bond motifs is 1. The highest BCUT2D eigenvalue weighted by Gasteiger charge is 2.41. The van der Waals surface area contributed by atoms with E-state index in [0.717, 1.165) is 14.3 Å². The number of imide groups is 1. The summed E-state index contributed by atoms with van der Waals surface area (Å²) in [5, 5.41) is 0. The lowest BCUT2D eigenvalue weighted by atomic mass is 10.1. The Labute approximate surface area is 175 Å². The van der Waals surface area contributed by atoms with Crippen molar-refractivity contribution in [2.24, 2.45) is 0 Å². The standard InChI is InChI=1S/C13H5I4NO3/c14-8-6-7(9(15)11(17)10(8)16)13(20)18(12(6)19)4-5-2-1-3-21-5/h1-3H,4H2. The quantitative estimate of drug-likeness (QED) is 0.198. The lowest BCUT2D eigenvalue weighted by Crippen LogP contribution is -2.29. The highest BCUT2D eigenvalue weighted by Crippen LogP contribution is 2.37. The van der Waals surface area contributed by atoms with Gasteiger partial charge in [0, 0.05) is 14.3 Å². The molecule has 2 amide bonds. The van der Waals surface area contributed by atoms with E-state index in [1.165, 1.54) is 11.2 Å². The van der Waals surface area contributed by atoms with Crippen LogP contribution >= 0.6 is 90.4 Å². The summed E-state index contributed by atoms with van der Waals surface area (Å²) in [6, 6.07) is 3.50. The minimum Gasteiger partial charge on any atom is -0.467 e. The summed E-state index contributed by atoms with van der Waals surface area (Å²) < 4.78 is 8.95. The van der Waals surface area contributed by atoms with Crippen LogP contribution in [0, 0.1) is 14.3 Å².